The Bertz CT molecular complexity index is 1290. The van der Waals surface area contributed by atoms with Crippen molar-refractivity contribution < 1.29 is 34.2 Å². The molecule has 0 fully saturated rings. The van der Waals surface area contributed by atoms with Gasteiger partial charge in [-0.2, -0.15) is 0 Å². The SMILES string of the molecule is CC(C)(C)c1cc(CCC(=O)OCC(C)(COC(=O)CCc2cc(C(C)(C)C)c(O)c(C(C)(C)C)c2)[N+](=O)[O-])cc(C(C)(C)C)c1O. The molecular weight excluding hydrogens is 598 g/mol. The van der Waals surface area contributed by atoms with Gasteiger partial charge in [-0.25, -0.2) is 0 Å². The van der Waals surface area contributed by atoms with Crippen LogP contribution < -0.4 is 0 Å². The van der Waals surface area contributed by atoms with Crippen LogP contribution in [0.4, 0.5) is 0 Å². The van der Waals surface area contributed by atoms with Crippen LogP contribution in [0.3, 0.4) is 0 Å². The smallest absolute Gasteiger partial charge is 0.306 e. The van der Waals surface area contributed by atoms with Gasteiger partial charge in [0.15, 0.2) is 13.2 Å². The lowest BCUT2D eigenvalue weighted by Crippen LogP contribution is -2.45. The Kier molecular flexibility index (Phi) is 12.0. The van der Waals surface area contributed by atoms with Crippen molar-refractivity contribution in [3.05, 3.63) is 67.8 Å². The summed E-state index contributed by atoms with van der Waals surface area (Å²) in [4.78, 5) is 36.8. The minimum absolute atomic E-state index is 0.00867. The van der Waals surface area contributed by atoms with Crippen LogP contribution in [0.15, 0.2) is 24.3 Å². The number of carbonyl (C=O) groups excluding carboxylic acids is 2. The number of hydrogen-bond acceptors (Lipinski definition) is 8. The van der Waals surface area contributed by atoms with Crippen LogP contribution in [0.5, 0.6) is 11.5 Å². The third-order valence-electron chi connectivity index (χ3n) is 8.34. The van der Waals surface area contributed by atoms with Crippen LogP contribution in [-0.2, 0) is 53.6 Å². The van der Waals surface area contributed by atoms with E-state index in [1.807, 2.05) is 107 Å². The number of ether oxygens (including phenoxy) is 2. The molecule has 2 rings (SSSR count). The van der Waals surface area contributed by atoms with Crippen LogP contribution in [-0.4, -0.2) is 45.8 Å². The van der Waals surface area contributed by atoms with E-state index in [0.29, 0.717) is 12.8 Å². The molecular formula is C38H57NO8. The van der Waals surface area contributed by atoms with Crippen molar-refractivity contribution in [3.63, 3.8) is 0 Å². The summed E-state index contributed by atoms with van der Waals surface area (Å²) in [6.45, 7) is 24.3. The van der Waals surface area contributed by atoms with E-state index in [9.17, 15) is 29.9 Å². The molecule has 2 aromatic rings. The van der Waals surface area contributed by atoms with E-state index in [-0.39, 0.29) is 46.0 Å². The molecule has 0 aliphatic heterocycles. The van der Waals surface area contributed by atoms with Gasteiger partial charge in [-0.05, 0) is 67.9 Å². The van der Waals surface area contributed by atoms with Gasteiger partial charge in [-0.15, -0.1) is 0 Å². The average molecular weight is 656 g/mol. The fourth-order valence-corrected chi connectivity index (χ4v) is 5.22. The quantitative estimate of drug-likeness (QED) is 0.141. The maximum absolute atomic E-state index is 12.7. The fourth-order valence-electron chi connectivity index (χ4n) is 5.22. The molecule has 0 bridgehead atoms. The van der Waals surface area contributed by atoms with Crippen molar-refractivity contribution in [2.75, 3.05) is 13.2 Å². The first-order chi connectivity index (χ1) is 21.2. The van der Waals surface area contributed by atoms with Gasteiger partial charge < -0.3 is 19.7 Å². The topological polar surface area (TPSA) is 136 Å². The van der Waals surface area contributed by atoms with Crippen molar-refractivity contribution in [2.24, 2.45) is 0 Å². The monoisotopic (exact) mass is 655 g/mol. The predicted molar refractivity (Wildman–Crippen MR) is 185 cm³/mol. The molecule has 2 aromatic carbocycles. The summed E-state index contributed by atoms with van der Waals surface area (Å²) in [6.07, 6.45) is 0.650. The zero-order chi connectivity index (χ0) is 36.3. The molecule has 0 radical (unpaired) electrons. The summed E-state index contributed by atoms with van der Waals surface area (Å²) in [5.74, 6) is -0.715. The Balaban J connectivity index is 2.06. The third-order valence-corrected chi connectivity index (χ3v) is 8.34. The van der Waals surface area contributed by atoms with Crippen molar-refractivity contribution in [1.82, 2.24) is 0 Å². The molecule has 0 heterocycles. The van der Waals surface area contributed by atoms with Crippen LogP contribution in [0.1, 0.15) is 136 Å². The number of phenols is 2. The molecule has 0 atom stereocenters. The van der Waals surface area contributed by atoms with Gasteiger partial charge in [0.1, 0.15) is 11.5 Å². The Morgan fingerprint density at radius 1 is 0.596 bits per heavy atom. The van der Waals surface area contributed by atoms with E-state index in [2.05, 4.69) is 0 Å². The lowest BCUT2D eigenvalue weighted by atomic mass is 9.78. The molecule has 0 saturated heterocycles. The summed E-state index contributed by atoms with van der Waals surface area (Å²) in [7, 11) is 0. The minimum Gasteiger partial charge on any atom is -0.507 e. The molecule has 9 heteroatoms. The first-order valence-corrected chi connectivity index (χ1v) is 16.4. The van der Waals surface area contributed by atoms with Gasteiger partial charge in [0.05, 0.1) is 0 Å². The van der Waals surface area contributed by atoms with Crippen molar-refractivity contribution in [3.8, 4) is 11.5 Å². The maximum atomic E-state index is 12.7. The first-order valence-electron chi connectivity index (χ1n) is 16.4. The lowest BCUT2D eigenvalue weighted by molar-refractivity contribution is -0.571. The highest BCUT2D eigenvalue weighted by atomic mass is 16.6. The van der Waals surface area contributed by atoms with Gasteiger partial charge >= 0.3 is 11.9 Å². The van der Waals surface area contributed by atoms with Crippen LogP contribution in [0, 0.1) is 10.1 Å². The molecule has 2 N–H and O–H groups in total. The van der Waals surface area contributed by atoms with E-state index in [0.717, 1.165) is 33.4 Å². The Labute approximate surface area is 281 Å². The summed E-state index contributed by atoms with van der Waals surface area (Å²) < 4.78 is 10.7. The molecule has 0 spiro atoms. The number of carbonyl (C=O) groups is 2. The molecule has 0 aromatic heterocycles. The third kappa shape index (κ3) is 10.7. The Morgan fingerprint density at radius 2 is 0.851 bits per heavy atom. The van der Waals surface area contributed by atoms with Crippen molar-refractivity contribution >= 4 is 11.9 Å². The molecule has 9 nitrogen and oxygen atoms in total. The van der Waals surface area contributed by atoms with Gasteiger partial charge in [-0.1, -0.05) is 107 Å². The molecule has 0 amide bonds. The molecule has 262 valence electrons. The number of phenolic OH excluding ortho intramolecular Hbond substituents is 2. The number of rotatable bonds is 11. The van der Waals surface area contributed by atoms with E-state index < -0.39 is 35.6 Å². The number of benzene rings is 2. The zero-order valence-electron chi connectivity index (χ0n) is 30.8. The average Bonchev–Trinajstić information content (AvgIpc) is 2.91. The molecule has 47 heavy (non-hydrogen) atoms. The molecule has 0 aliphatic rings. The van der Waals surface area contributed by atoms with Crippen molar-refractivity contribution in [2.45, 2.75) is 143 Å². The van der Waals surface area contributed by atoms with Gasteiger partial charge in [0.25, 0.3) is 5.54 Å². The number of aromatic hydroxyl groups is 2. The second-order valence-electron chi connectivity index (χ2n) is 17.2. The van der Waals surface area contributed by atoms with Gasteiger partial charge in [0.2, 0.25) is 0 Å². The summed E-state index contributed by atoms with van der Waals surface area (Å²) in [5.41, 5.74) is 1.76. The maximum Gasteiger partial charge on any atom is 0.306 e. The normalized spacial score (nSPS) is 13.0. The molecule has 0 unspecified atom stereocenters. The Morgan fingerprint density at radius 3 is 1.06 bits per heavy atom. The second-order valence-corrected chi connectivity index (χ2v) is 17.2. The highest BCUT2D eigenvalue weighted by Crippen LogP contribution is 2.41. The molecule has 0 aliphatic carbocycles. The zero-order valence-corrected chi connectivity index (χ0v) is 30.8. The van der Waals surface area contributed by atoms with Crippen LogP contribution in [0.2, 0.25) is 0 Å². The summed E-state index contributed by atoms with van der Waals surface area (Å²) in [6, 6.07) is 7.57. The van der Waals surface area contributed by atoms with Crippen molar-refractivity contribution in [1.29, 1.82) is 0 Å². The summed E-state index contributed by atoms with van der Waals surface area (Å²) in [5, 5.41) is 33.9. The first kappa shape index (κ1) is 39.6. The number of esters is 2. The fraction of sp³-hybridized carbons (Fsp3) is 0.632. The van der Waals surface area contributed by atoms with Crippen LogP contribution in [0.25, 0.3) is 0 Å². The Hall–Kier alpha value is -3.62. The lowest BCUT2D eigenvalue weighted by Gasteiger charge is -2.28. The van der Waals surface area contributed by atoms with E-state index in [1.54, 1.807) is 0 Å². The number of aryl methyl sites for hydroxylation is 2. The van der Waals surface area contributed by atoms with Crippen LogP contribution >= 0.6 is 0 Å². The van der Waals surface area contributed by atoms with E-state index in [4.69, 9.17) is 9.47 Å². The molecule has 0 saturated carbocycles. The predicted octanol–water partition coefficient (Wildman–Crippen LogP) is 7.98. The number of nitrogens with zero attached hydrogens (tertiary/aromatic N) is 1. The largest absolute Gasteiger partial charge is 0.507 e. The van der Waals surface area contributed by atoms with E-state index >= 15 is 0 Å². The number of hydrogen-bond donors (Lipinski definition) is 2. The van der Waals surface area contributed by atoms with E-state index in [1.165, 1.54) is 6.92 Å². The highest BCUT2D eigenvalue weighted by Gasteiger charge is 2.41. The van der Waals surface area contributed by atoms with Gasteiger partial charge in [0, 0.05) is 24.7 Å². The number of nitro groups is 1. The minimum atomic E-state index is -1.82. The summed E-state index contributed by atoms with van der Waals surface area (Å²) >= 11 is 0. The standard InChI is InChI=1S/C38H57NO8/c1-34(2,3)26-18-24(19-27(32(26)42)35(4,5)6)14-16-30(40)46-22-38(13,39(44)45)23-47-31(41)17-15-25-20-28(36(7,8)9)33(43)29(21-25)37(10,11)12/h18-21,42-43H,14-17,22-23H2,1-13H3. The second kappa shape index (κ2) is 14.2. The highest BCUT2D eigenvalue weighted by molar-refractivity contribution is 5.70. The van der Waals surface area contributed by atoms with Gasteiger partial charge in [-0.3, -0.25) is 19.7 Å².